The zero-order chi connectivity index (χ0) is 25.1. The topological polar surface area (TPSA) is 118 Å². The predicted octanol–water partition coefficient (Wildman–Crippen LogP) is 2.49. The summed E-state index contributed by atoms with van der Waals surface area (Å²) in [5.41, 5.74) is -0.0729. The predicted molar refractivity (Wildman–Crippen MR) is 126 cm³/mol. The molecule has 0 radical (unpaired) electrons. The first-order valence-electron chi connectivity index (χ1n) is 12.5. The number of carbonyl (C=O) groups excluding carboxylic acids is 2. The van der Waals surface area contributed by atoms with Crippen molar-refractivity contribution in [2.75, 3.05) is 13.7 Å². The average molecular weight is 486 g/mol. The summed E-state index contributed by atoms with van der Waals surface area (Å²) >= 11 is 0. The smallest absolute Gasteiger partial charge is 0.355 e. The van der Waals surface area contributed by atoms with Crippen molar-refractivity contribution >= 4 is 11.9 Å². The molecule has 5 rings (SSSR count). The van der Waals surface area contributed by atoms with E-state index < -0.39 is 35.9 Å². The van der Waals surface area contributed by atoms with Gasteiger partial charge in [0.05, 0.1) is 18.3 Å². The minimum atomic E-state index is -1.26. The van der Waals surface area contributed by atoms with Crippen LogP contribution >= 0.6 is 0 Å². The van der Waals surface area contributed by atoms with Gasteiger partial charge < -0.3 is 29.4 Å². The number of allylic oxidation sites excluding steroid dienone is 1. The fraction of sp³-hybridized carbons (Fsp3) is 0.630. The van der Waals surface area contributed by atoms with Crippen LogP contribution in [0.3, 0.4) is 0 Å². The minimum absolute atomic E-state index is 0.0585. The van der Waals surface area contributed by atoms with Gasteiger partial charge in [-0.15, -0.1) is 0 Å². The van der Waals surface area contributed by atoms with E-state index in [1.807, 2.05) is 32.9 Å². The average Bonchev–Trinajstić information content (AvgIpc) is 3.41. The van der Waals surface area contributed by atoms with Crippen LogP contribution in [0, 0.1) is 41.4 Å². The van der Waals surface area contributed by atoms with E-state index in [-0.39, 0.29) is 54.5 Å². The number of aromatic nitrogens is 1. The third kappa shape index (κ3) is 3.69. The fourth-order valence-electron chi connectivity index (χ4n) is 7.19. The molecule has 0 aromatic carbocycles. The molecule has 8 heteroatoms. The molecule has 2 heterocycles. The molecule has 35 heavy (non-hydrogen) atoms. The third-order valence-electron chi connectivity index (χ3n) is 8.92. The molecule has 3 aliphatic carbocycles. The number of hydrogen-bond acceptors (Lipinski definition) is 7. The third-order valence-corrected chi connectivity index (χ3v) is 8.92. The Balaban J connectivity index is 1.50. The molecule has 1 aromatic heterocycles. The lowest BCUT2D eigenvalue weighted by atomic mass is 9.46. The molecule has 11 atom stereocenters. The zero-order valence-corrected chi connectivity index (χ0v) is 20.6. The highest BCUT2D eigenvalue weighted by Crippen LogP contribution is 2.66. The number of cyclic esters (lactones) is 1. The Bertz CT molecular complexity index is 1030. The number of carbonyl (C=O) groups is 2. The van der Waals surface area contributed by atoms with E-state index in [9.17, 15) is 19.8 Å². The molecule has 8 nitrogen and oxygen atoms in total. The standard InChI is InChI=1S/C27H35NO7/c1-13-10-14(2)27(32)16(11-19(33-4)26(31)34-12-13)7-8-17-20-21(22(17)27)23(29)15(3)24(20)35-25(30)18-6-5-9-28-18/h5-10,13,15-17,19-24,28-29,32H,11-12H2,1-4H3/b14-10+/t13-,15-,16-,17?,19+,20+,21?,22?,23-,24-,27+/m1/s1. The normalized spacial score (nSPS) is 46.2. The molecule has 3 N–H and O–H groups in total. The van der Waals surface area contributed by atoms with Crippen molar-refractivity contribution in [3.8, 4) is 0 Å². The van der Waals surface area contributed by atoms with E-state index in [4.69, 9.17) is 14.2 Å². The van der Waals surface area contributed by atoms with Crippen LogP contribution in [0.1, 0.15) is 37.7 Å². The molecular weight excluding hydrogens is 450 g/mol. The minimum Gasteiger partial charge on any atom is -0.463 e. The zero-order valence-electron chi connectivity index (χ0n) is 20.6. The van der Waals surface area contributed by atoms with E-state index in [1.165, 1.54) is 7.11 Å². The second-order valence-corrected chi connectivity index (χ2v) is 10.8. The van der Waals surface area contributed by atoms with Gasteiger partial charge in [0, 0.05) is 42.9 Å². The van der Waals surface area contributed by atoms with Crippen LogP contribution in [0.15, 0.2) is 42.1 Å². The van der Waals surface area contributed by atoms with Crippen LogP contribution in [-0.2, 0) is 19.0 Å². The highest BCUT2D eigenvalue weighted by atomic mass is 16.6. The monoisotopic (exact) mass is 485 g/mol. The van der Waals surface area contributed by atoms with Crippen LogP contribution in [0.2, 0.25) is 0 Å². The summed E-state index contributed by atoms with van der Waals surface area (Å²) in [4.78, 5) is 28.2. The van der Waals surface area contributed by atoms with Gasteiger partial charge in [-0.25, -0.2) is 9.59 Å². The number of nitrogens with one attached hydrogen (secondary N) is 1. The number of esters is 2. The Morgan fingerprint density at radius 2 is 2.03 bits per heavy atom. The van der Waals surface area contributed by atoms with Gasteiger partial charge >= 0.3 is 11.9 Å². The summed E-state index contributed by atoms with van der Waals surface area (Å²) in [5.74, 6) is -2.24. The number of methoxy groups -OCH3 is 1. The quantitative estimate of drug-likeness (QED) is 0.445. The van der Waals surface area contributed by atoms with Crippen LogP contribution in [0.4, 0.5) is 0 Å². The Hall–Kier alpha value is -2.42. The first-order valence-corrected chi connectivity index (χ1v) is 12.5. The van der Waals surface area contributed by atoms with Gasteiger partial charge in [-0.3, -0.25) is 0 Å². The number of fused-ring (bicyclic) bond motifs is 6. The number of rotatable bonds is 3. The summed E-state index contributed by atoms with van der Waals surface area (Å²) < 4.78 is 16.8. The second-order valence-electron chi connectivity index (χ2n) is 10.8. The van der Waals surface area contributed by atoms with Gasteiger partial charge in [0.2, 0.25) is 0 Å². The van der Waals surface area contributed by atoms with E-state index in [0.717, 1.165) is 5.57 Å². The highest BCUT2D eigenvalue weighted by molar-refractivity contribution is 5.87. The van der Waals surface area contributed by atoms with Gasteiger partial charge in [0.15, 0.2) is 6.10 Å². The van der Waals surface area contributed by atoms with Crippen molar-refractivity contribution in [2.24, 2.45) is 41.4 Å². The molecule has 1 aromatic rings. The lowest BCUT2D eigenvalue weighted by Gasteiger charge is -2.61. The summed E-state index contributed by atoms with van der Waals surface area (Å²) in [6.07, 6.45) is 6.01. The summed E-state index contributed by atoms with van der Waals surface area (Å²) in [5, 5.41) is 23.7. The molecular formula is C27H35NO7. The van der Waals surface area contributed by atoms with E-state index in [0.29, 0.717) is 5.69 Å². The molecule has 4 aliphatic rings. The Morgan fingerprint density at radius 1 is 1.26 bits per heavy atom. The lowest BCUT2D eigenvalue weighted by molar-refractivity contribution is -0.182. The molecule has 190 valence electrons. The van der Waals surface area contributed by atoms with Crippen LogP contribution < -0.4 is 0 Å². The van der Waals surface area contributed by atoms with Crippen molar-refractivity contribution in [1.82, 2.24) is 4.98 Å². The second kappa shape index (κ2) is 8.91. The molecule has 0 spiro atoms. The van der Waals surface area contributed by atoms with Crippen LogP contribution in [-0.4, -0.2) is 64.8 Å². The molecule has 0 saturated heterocycles. The van der Waals surface area contributed by atoms with Crippen LogP contribution in [0.5, 0.6) is 0 Å². The first kappa shape index (κ1) is 24.3. The Labute approximate surface area is 205 Å². The summed E-state index contributed by atoms with van der Waals surface area (Å²) in [7, 11) is 1.48. The van der Waals surface area contributed by atoms with Crippen molar-refractivity contribution < 1.29 is 34.0 Å². The van der Waals surface area contributed by atoms with Gasteiger partial charge in [0.1, 0.15) is 11.8 Å². The number of ether oxygens (including phenoxy) is 3. The van der Waals surface area contributed by atoms with Crippen molar-refractivity contribution in [1.29, 1.82) is 0 Å². The van der Waals surface area contributed by atoms with Gasteiger partial charge in [-0.05, 0) is 42.9 Å². The van der Waals surface area contributed by atoms with E-state index >= 15 is 0 Å². The molecule has 2 saturated carbocycles. The van der Waals surface area contributed by atoms with Gasteiger partial charge in [-0.2, -0.15) is 0 Å². The van der Waals surface area contributed by atoms with E-state index in [2.05, 4.69) is 11.1 Å². The van der Waals surface area contributed by atoms with Crippen molar-refractivity contribution in [3.05, 3.63) is 47.8 Å². The fourth-order valence-corrected chi connectivity index (χ4v) is 7.19. The molecule has 0 amide bonds. The maximum atomic E-state index is 12.7. The van der Waals surface area contributed by atoms with Crippen molar-refractivity contribution in [3.63, 3.8) is 0 Å². The number of aromatic amines is 1. The largest absolute Gasteiger partial charge is 0.463 e. The summed E-state index contributed by atoms with van der Waals surface area (Å²) in [6.45, 7) is 5.98. The molecule has 1 aliphatic heterocycles. The summed E-state index contributed by atoms with van der Waals surface area (Å²) in [6, 6.07) is 3.41. The lowest BCUT2D eigenvalue weighted by Crippen LogP contribution is -2.65. The highest BCUT2D eigenvalue weighted by Gasteiger charge is 2.70. The van der Waals surface area contributed by atoms with Gasteiger partial charge in [0.25, 0.3) is 0 Å². The number of aliphatic hydroxyl groups is 2. The number of hydrogen-bond donors (Lipinski definition) is 3. The van der Waals surface area contributed by atoms with E-state index in [1.54, 1.807) is 18.3 Å². The molecule has 2 fully saturated rings. The molecule has 3 unspecified atom stereocenters. The van der Waals surface area contributed by atoms with Gasteiger partial charge in [-0.1, -0.05) is 32.1 Å². The Kier molecular flexibility index (Phi) is 6.18. The van der Waals surface area contributed by atoms with Crippen LogP contribution in [0.25, 0.3) is 0 Å². The Morgan fingerprint density at radius 3 is 2.71 bits per heavy atom. The SMILES string of the molecule is CO[C@H]1C[C@H]2C=CC3C(C4[C@H]3[C@H](OC(=O)c3ccc[nH]3)[C@H](C)[C@H]4O)[C@]2(O)/C(C)=C/[C@@H](C)COC1=O. The number of aliphatic hydroxyl groups excluding tert-OH is 1. The maximum Gasteiger partial charge on any atom is 0.355 e. The molecule has 0 bridgehead atoms. The first-order chi connectivity index (χ1) is 16.7. The number of H-pyrrole nitrogens is 1. The van der Waals surface area contributed by atoms with Crippen molar-refractivity contribution in [2.45, 2.75) is 51.1 Å². The maximum absolute atomic E-state index is 12.7.